The maximum Gasteiger partial charge on any atom is 0.380 e. The lowest BCUT2D eigenvalue weighted by Gasteiger charge is -2.35. The van der Waals surface area contributed by atoms with E-state index in [2.05, 4.69) is 0 Å². The molecule has 294 valence electrons. The van der Waals surface area contributed by atoms with Crippen LogP contribution in [0.2, 0.25) is 0 Å². The number of nitrogens with two attached hydrogens (primary N) is 3. The van der Waals surface area contributed by atoms with E-state index in [9.17, 15) is 43.2 Å². The molecule has 0 aliphatic carbocycles. The molecular formula is C30H59N3O15P2. The number of carbonyl (C=O) groups excluding carboxylic acids is 4. The van der Waals surface area contributed by atoms with Crippen molar-refractivity contribution in [2.75, 3.05) is 33.3 Å². The van der Waals surface area contributed by atoms with E-state index in [1.54, 1.807) is 55.4 Å². The van der Waals surface area contributed by atoms with Crippen LogP contribution in [0.15, 0.2) is 0 Å². The highest BCUT2D eigenvalue weighted by Crippen LogP contribution is 2.74. The van der Waals surface area contributed by atoms with Gasteiger partial charge < -0.3 is 51.0 Å². The Morgan fingerprint density at radius 2 is 1.02 bits per heavy atom. The maximum absolute atomic E-state index is 14.1. The number of rotatable bonds is 25. The van der Waals surface area contributed by atoms with E-state index in [0.717, 1.165) is 0 Å². The highest BCUT2D eigenvalue weighted by molar-refractivity contribution is 7.73. The predicted octanol–water partition coefficient (Wildman–Crippen LogP) is 2.44. The van der Waals surface area contributed by atoms with Gasteiger partial charge in [-0.3, -0.25) is 37.4 Å². The number of esters is 4. The van der Waals surface area contributed by atoms with Gasteiger partial charge in [-0.2, -0.15) is 0 Å². The molecule has 1 unspecified atom stereocenters. The van der Waals surface area contributed by atoms with E-state index in [0.29, 0.717) is 0 Å². The zero-order chi connectivity index (χ0) is 39.1. The zero-order valence-electron chi connectivity index (χ0n) is 30.5. The topological polar surface area (TPSA) is 297 Å². The summed E-state index contributed by atoms with van der Waals surface area (Å²) >= 11 is 0. The third-order valence-corrected chi connectivity index (χ3v) is 13.6. The Hall–Kier alpha value is -1.98. The molecule has 0 saturated carbocycles. The maximum atomic E-state index is 14.1. The Labute approximate surface area is 294 Å². The van der Waals surface area contributed by atoms with Crippen molar-refractivity contribution in [3.05, 3.63) is 0 Å². The van der Waals surface area contributed by atoms with Gasteiger partial charge in [-0.05, 0) is 50.5 Å². The van der Waals surface area contributed by atoms with Gasteiger partial charge in [-0.25, -0.2) is 0 Å². The van der Waals surface area contributed by atoms with Crippen molar-refractivity contribution in [2.24, 2.45) is 39.9 Å². The summed E-state index contributed by atoms with van der Waals surface area (Å²) in [5.74, 6) is -3.96. The van der Waals surface area contributed by atoms with Gasteiger partial charge in [0.05, 0.1) is 0 Å². The fourth-order valence-electron chi connectivity index (χ4n) is 4.39. The van der Waals surface area contributed by atoms with Crippen molar-refractivity contribution >= 4 is 39.1 Å². The minimum Gasteiger partial charge on any atom is -0.463 e. The van der Waals surface area contributed by atoms with Gasteiger partial charge in [0.15, 0.2) is 0 Å². The molecule has 9 N–H and O–H groups in total. The quantitative estimate of drug-likeness (QED) is 0.0337. The zero-order valence-corrected chi connectivity index (χ0v) is 32.2. The molecule has 0 aliphatic heterocycles. The summed E-state index contributed by atoms with van der Waals surface area (Å²) in [4.78, 5) is 71.3. The number of hydrogen-bond acceptors (Lipinski definition) is 16. The number of hydrogen-bond donors (Lipinski definition) is 6. The average molecular weight is 764 g/mol. The van der Waals surface area contributed by atoms with E-state index in [1.165, 1.54) is 0 Å². The fraction of sp³-hybridized carbons (Fsp3) is 0.867. The Balaban J connectivity index is 6.17. The van der Waals surface area contributed by atoms with Gasteiger partial charge in [0.25, 0.3) is 5.08 Å². The molecule has 3 atom stereocenters. The number of ether oxygens (including phenoxy) is 4. The molecule has 0 aromatic rings. The lowest BCUT2D eigenvalue weighted by atomic mass is 9.83. The van der Waals surface area contributed by atoms with Crippen molar-refractivity contribution in [2.45, 2.75) is 111 Å². The first-order valence-corrected chi connectivity index (χ1v) is 19.8. The van der Waals surface area contributed by atoms with Crippen LogP contribution in [0.25, 0.3) is 0 Å². The summed E-state index contributed by atoms with van der Waals surface area (Å²) in [6.45, 7) is 9.77. The molecule has 20 heteroatoms. The molecule has 0 fully saturated rings. The van der Waals surface area contributed by atoms with Crippen LogP contribution < -0.4 is 17.2 Å². The minimum atomic E-state index is -5.77. The second-order valence-electron chi connectivity index (χ2n) is 12.8. The average Bonchev–Trinajstić information content (AvgIpc) is 3.06. The Bertz CT molecular complexity index is 1140. The van der Waals surface area contributed by atoms with E-state index in [-0.39, 0.29) is 50.5 Å². The molecule has 0 aliphatic rings. The van der Waals surface area contributed by atoms with E-state index < -0.39 is 100 Å². The Morgan fingerprint density at radius 1 is 0.680 bits per heavy atom. The van der Waals surface area contributed by atoms with Crippen LogP contribution in [0.1, 0.15) is 93.9 Å². The molecule has 0 spiro atoms. The van der Waals surface area contributed by atoms with Crippen molar-refractivity contribution in [1.29, 1.82) is 0 Å². The summed E-state index contributed by atoms with van der Waals surface area (Å²) in [6, 6.07) is -1.90. The largest absolute Gasteiger partial charge is 0.463 e. The molecule has 0 aromatic carbocycles. The smallest absolute Gasteiger partial charge is 0.380 e. The van der Waals surface area contributed by atoms with Gasteiger partial charge >= 0.3 is 39.1 Å². The molecule has 0 radical (unpaired) electrons. The highest BCUT2D eigenvalue weighted by atomic mass is 31.2. The predicted molar refractivity (Wildman–Crippen MR) is 181 cm³/mol. The second-order valence-corrected chi connectivity index (χ2v) is 17.2. The Morgan fingerprint density at radius 3 is 1.28 bits per heavy atom. The molecule has 50 heavy (non-hydrogen) atoms. The SMILES string of the molecule is CCC(CC)(COC(=O)[C@@H](N)C(C)C)C(=O)OCOP(=O)(OCOC(=O)C(CC)(CC)COC(=O)[C@@H](N)C(C)C)C(O)(CCCN)P(=O)(O)O. The monoisotopic (exact) mass is 763 g/mol. The van der Waals surface area contributed by atoms with Gasteiger partial charge in [0.2, 0.25) is 13.6 Å². The van der Waals surface area contributed by atoms with E-state index in [4.69, 9.17) is 45.2 Å². The first kappa shape index (κ1) is 48.0. The van der Waals surface area contributed by atoms with Crippen molar-refractivity contribution < 1.29 is 71.2 Å². The lowest BCUT2D eigenvalue weighted by Crippen LogP contribution is -2.42. The van der Waals surface area contributed by atoms with Gasteiger partial charge in [-0.1, -0.05) is 55.4 Å². The second kappa shape index (κ2) is 20.9. The third kappa shape index (κ3) is 12.3. The highest BCUT2D eigenvalue weighted by Gasteiger charge is 2.62. The van der Waals surface area contributed by atoms with Crippen LogP contribution in [0.5, 0.6) is 0 Å². The summed E-state index contributed by atoms with van der Waals surface area (Å²) < 4.78 is 57.7. The van der Waals surface area contributed by atoms with E-state index in [1.807, 2.05) is 0 Å². The fourth-order valence-corrected chi connectivity index (χ4v) is 7.76. The van der Waals surface area contributed by atoms with Crippen LogP contribution in [0.3, 0.4) is 0 Å². The summed E-state index contributed by atoms with van der Waals surface area (Å²) in [5, 5.41) is 7.65. The molecule has 18 nitrogen and oxygen atoms in total. The number of carbonyl (C=O) groups is 4. The van der Waals surface area contributed by atoms with Crippen molar-refractivity contribution in [3.63, 3.8) is 0 Å². The first-order valence-electron chi connectivity index (χ1n) is 16.6. The lowest BCUT2D eigenvalue weighted by molar-refractivity contribution is -0.172. The molecular weight excluding hydrogens is 704 g/mol. The van der Waals surface area contributed by atoms with Crippen LogP contribution in [-0.2, 0) is 56.3 Å². The molecule has 0 rings (SSSR count). The minimum absolute atomic E-state index is 0.106. The van der Waals surface area contributed by atoms with Gasteiger partial charge in [0, 0.05) is 6.42 Å². The van der Waals surface area contributed by atoms with Crippen LogP contribution in [0, 0.1) is 22.7 Å². The van der Waals surface area contributed by atoms with Crippen molar-refractivity contribution in [3.8, 4) is 0 Å². The van der Waals surface area contributed by atoms with Crippen LogP contribution in [0.4, 0.5) is 0 Å². The van der Waals surface area contributed by atoms with Gasteiger partial charge in [0.1, 0.15) is 36.1 Å². The molecule has 0 bridgehead atoms. The normalized spacial score (nSPS) is 15.3. The summed E-state index contributed by atoms with van der Waals surface area (Å²) in [5.41, 5.74) is 14.3. The first-order chi connectivity index (χ1) is 23.0. The summed E-state index contributed by atoms with van der Waals surface area (Å²) in [7, 11) is -11.2. The molecule has 0 aromatic heterocycles. The number of aliphatic hydroxyl groups is 1. The van der Waals surface area contributed by atoms with E-state index >= 15 is 0 Å². The standard InChI is InChI=1S/C30H59N3O15P2/c1-9-28(10-2,16-43-24(34)22(32)20(5)6)26(36)45-18-47-50(42,30(38,14-13-15-31)49(39,40)41)48-19-46-27(37)29(11-3,12-4)17-44-25(35)23(33)21(7)8/h20-23,38H,9-19,31-33H2,1-8H3,(H2,39,40,41)/t22-,23-,30?/m0/s1. The van der Waals surface area contributed by atoms with Crippen molar-refractivity contribution in [1.82, 2.24) is 0 Å². The van der Waals surface area contributed by atoms with Crippen LogP contribution in [-0.4, -0.2) is 89.3 Å². The summed E-state index contributed by atoms with van der Waals surface area (Å²) in [6.07, 6.45) is -0.741. The molecule has 0 saturated heterocycles. The van der Waals surface area contributed by atoms with Crippen LogP contribution >= 0.6 is 15.2 Å². The molecule has 0 heterocycles. The molecule has 0 amide bonds. The Kier molecular flexibility index (Phi) is 20.1. The third-order valence-electron chi connectivity index (χ3n) is 8.98. The van der Waals surface area contributed by atoms with Gasteiger partial charge in [-0.15, -0.1) is 0 Å².